The van der Waals surface area contributed by atoms with Crippen LogP contribution in [0.3, 0.4) is 0 Å². The smallest absolute Gasteiger partial charge is 0.679 e. The first kappa shape index (κ1) is 9.06. The van der Waals surface area contributed by atoms with E-state index in [-0.39, 0.29) is 30.2 Å². The average Bonchev–Trinajstić information content (AvgIpc) is 1.37. The van der Waals surface area contributed by atoms with Gasteiger partial charge in [0.15, 0.2) is 0 Å². The molecule has 0 heterocycles. The van der Waals surface area contributed by atoms with Gasteiger partial charge >= 0.3 is 17.1 Å². The van der Waals surface area contributed by atoms with Crippen LogP contribution in [0, 0.1) is 0 Å². The Morgan fingerprint density at radius 3 is 1.20 bits per heavy atom. The largest absolute Gasteiger partial charge is 2.00 e. The van der Waals surface area contributed by atoms with E-state index in [0.29, 0.717) is 0 Å². The van der Waals surface area contributed by atoms with E-state index in [1.54, 1.807) is 0 Å². The van der Waals surface area contributed by atoms with Crippen molar-refractivity contribution in [3.8, 4) is 0 Å². The summed E-state index contributed by atoms with van der Waals surface area (Å²) < 4.78 is 0. The molecule has 0 aliphatic heterocycles. The van der Waals surface area contributed by atoms with E-state index in [9.17, 15) is 0 Å². The molecule has 0 aliphatic rings. The van der Waals surface area contributed by atoms with Crippen molar-refractivity contribution in [1.82, 2.24) is 0 Å². The molecule has 0 fully saturated rings. The van der Waals surface area contributed by atoms with Crippen molar-refractivity contribution in [3.63, 3.8) is 0 Å². The van der Waals surface area contributed by atoms with Gasteiger partial charge in [-0.15, -0.1) is 0 Å². The van der Waals surface area contributed by atoms with Gasteiger partial charge in [0.2, 0.25) is 0 Å². The van der Waals surface area contributed by atoms with Crippen molar-refractivity contribution in [2.24, 2.45) is 0 Å². The Kier molecular flexibility index (Phi) is 16.0. The number of rotatable bonds is 1. The Labute approximate surface area is 42.4 Å². The van der Waals surface area contributed by atoms with Crippen molar-refractivity contribution in [2.75, 3.05) is 13.1 Å². The Morgan fingerprint density at radius 1 is 1.00 bits per heavy atom. The molecule has 0 rings (SSSR count). The zero-order chi connectivity index (χ0) is 3.41. The second kappa shape index (κ2) is 8.83. The molecule has 5 heavy (non-hydrogen) atoms. The van der Waals surface area contributed by atoms with E-state index >= 15 is 0 Å². The molecule has 0 atom stereocenters. The summed E-state index contributed by atoms with van der Waals surface area (Å²) in [6.45, 7) is 0.472. The Hall–Kier alpha value is 0.439. The van der Waals surface area contributed by atoms with Crippen molar-refractivity contribution in [3.05, 3.63) is 11.5 Å². The normalized spacial score (nSPS) is 6.00. The van der Waals surface area contributed by atoms with E-state index in [2.05, 4.69) is 0 Å². The molecule has 3 heteroatoms. The fraction of sp³-hybridized carbons (Fsp3) is 1.00. The van der Waals surface area contributed by atoms with Crippen LogP contribution < -0.4 is 0 Å². The maximum absolute atomic E-state index is 6.26. The molecule has 0 unspecified atom stereocenters. The summed E-state index contributed by atoms with van der Waals surface area (Å²) in [6.07, 6.45) is 0. The van der Waals surface area contributed by atoms with Gasteiger partial charge in [0.05, 0.1) is 0 Å². The quantitative estimate of drug-likeness (QED) is 0.467. The van der Waals surface area contributed by atoms with Crippen molar-refractivity contribution >= 4 is 0 Å². The van der Waals surface area contributed by atoms with Gasteiger partial charge in [0.25, 0.3) is 0 Å². The van der Waals surface area contributed by atoms with Crippen LogP contribution in [0.1, 0.15) is 0 Å². The fourth-order valence-corrected chi connectivity index (χ4v) is 0. The van der Waals surface area contributed by atoms with Gasteiger partial charge in [-0.1, -0.05) is 0 Å². The van der Waals surface area contributed by atoms with Crippen molar-refractivity contribution in [2.45, 2.75) is 0 Å². The van der Waals surface area contributed by atoms with Crippen LogP contribution in [0.5, 0.6) is 0 Å². The molecule has 0 bridgehead atoms. The van der Waals surface area contributed by atoms with Crippen LogP contribution in [-0.4, -0.2) is 13.1 Å². The van der Waals surface area contributed by atoms with E-state index in [1.165, 1.54) is 0 Å². The Morgan fingerprint density at radius 2 is 1.20 bits per heavy atom. The van der Waals surface area contributed by atoms with Crippen LogP contribution in [0.15, 0.2) is 0 Å². The molecule has 0 aromatic carbocycles. The van der Waals surface area contributed by atoms with Gasteiger partial charge in [0.1, 0.15) is 0 Å². The van der Waals surface area contributed by atoms with Crippen LogP contribution >= 0.6 is 0 Å². The molecule has 2 N–H and O–H groups in total. The van der Waals surface area contributed by atoms with Gasteiger partial charge in [-0.3, -0.25) is 0 Å². The second-order valence-corrected chi connectivity index (χ2v) is 0.500. The molecule has 0 aromatic heterocycles. The van der Waals surface area contributed by atoms with E-state index in [1.807, 2.05) is 0 Å². The van der Waals surface area contributed by atoms with Crippen LogP contribution in [0.4, 0.5) is 0 Å². The predicted molar refractivity (Wildman–Crippen MR) is 18.4 cm³/mol. The minimum Gasteiger partial charge on any atom is -0.679 e. The topological polar surface area (TPSA) is 47.6 Å². The number of nitrogens with one attached hydrogen (secondary N) is 2. The molecule has 0 spiro atoms. The van der Waals surface area contributed by atoms with Crippen LogP contribution in [-0.2, 0) is 17.1 Å². The first-order valence-electron chi connectivity index (χ1n) is 1.21. The van der Waals surface area contributed by atoms with Crippen molar-refractivity contribution < 1.29 is 17.1 Å². The first-order chi connectivity index (χ1) is 1.91. The van der Waals surface area contributed by atoms with Gasteiger partial charge in [-0.05, 0) is 0 Å². The summed E-state index contributed by atoms with van der Waals surface area (Å²) in [5.74, 6) is 0. The van der Waals surface area contributed by atoms with Gasteiger partial charge < -0.3 is 11.5 Å². The second-order valence-electron chi connectivity index (χ2n) is 0.500. The molecular formula is C2H6CuN2. The number of hydrogen-bond acceptors (Lipinski definition) is 0. The minimum atomic E-state index is 0. The molecular weight excluding hydrogens is 116 g/mol. The van der Waals surface area contributed by atoms with E-state index < -0.39 is 0 Å². The van der Waals surface area contributed by atoms with Gasteiger partial charge in [-0.2, -0.15) is 13.1 Å². The zero-order valence-corrected chi connectivity index (χ0v) is 3.66. The maximum Gasteiger partial charge on any atom is 2.00 e. The number of hydrogen-bond donors (Lipinski definition) is 0. The van der Waals surface area contributed by atoms with Crippen LogP contribution in [0.25, 0.3) is 11.5 Å². The molecule has 2 nitrogen and oxygen atoms in total. The Balaban J connectivity index is 0. The summed E-state index contributed by atoms with van der Waals surface area (Å²) in [5, 5.41) is 0. The summed E-state index contributed by atoms with van der Waals surface area (Å²) in [5.41, 5.74) is 12.5. The Bertz CT molecular complexity index is 9.61. The van der Waals surface area contributed by atoms with Gasteiger partial charge in [-0.25, -0.2) is 0 Å². The molecule has 0 aliphatic carbocycles. The third-order valence-electron chi connectivity index (χ3n) is 0.125. The third-order valence-corrected chi connectivity index (χ3v) is 0.125. The summed E-state index contributed by atoms with van der Waals surface area (Å²) in [6, 6.07) is 0. The predicted octanol–water partition coefficient (Wildman–Crippen LogP) is 1.09. The molecule has 0 amide bonds. The van der Waals surface area contributed by atoms with Crippen molar-refractivity contribution in [1.29, 1.82) is 0 Å². The molecule has 1 radical (unpaired) electrons. The summed E-state index contributed by atoms with van der Waals surface area (Å²) in [7, 11) is 0. The summed E-state index contributed by atoms with van der Waals surface area (Å²) >= 11 is 0. The maximum atomic E-state index is 6.26. The minimum absolute atomic E-state index is 0. The van der Waals surface area contributed by atoms with E-state index in [4.69, 9.17) is 11.5 Å². The van der Waals surface area contributed by atoms with Gasteiger partial charge in [0, 0.05) is 0 Å². The molecule has 0 saturated heterocycles. The molecule has 0 aromatic rings. The average molecular weight is 122 g/mol. The molecule has 35 valence electrons. The fourth-order valence-electron chi connectivity index (χ4n) is 0. The first-order valence-corrected chi connectivity index (χ1v) is 1.21. The van der Waals surface area contributed by atoms with Crippen LogP contribution in [0.2, 0.25) is 0 Å². The molecule has 0 saturated carbocycles. The standard InChI is InChI=1S/C2H6N2.Cu/c3-1-2-4;/h3-4H,1-2H2;/q-2;+2. The SMILES string of the molecule is [Cu+2].[NH-]CC[NH-]. The monoisotopic (exact) mass is 121 g/mol. The van der Waals surface area contributed by atoms with E-state index in [0.717, 1.165) is 0 Å². The third kappa shape index (κ3) is 12.8. The zero-order valence-electron chi connectivity index (χ0n) is 2.72. The summed E-state index contributed by atoms with van der Waals surface area (Å²) in [4.78, 5) is 0.